The summed E-state index contributed by atoms with van der Waals surface area (Å²) in [6, 6.07) is 7.89. The molecular weight excluding hydrogens is 309 g/mol. The Morgan fingerprint density at radius 3 is 2.86 bits per heavy atom. The summed E-state index contributed by atoms with van der Waals surface area (Å²) in [7, 11) is 0. The van der Waals surface area contributed by atoms with Gasteiger partial charge in [0.05, 0.1) is 6.54 Å². The highest BCUT2D eigenvalue weighted by Gasteiger charge is 2.32. The van der Waals surface area contributed by atoms with Crippen LogP contribution in [0.1, 0.15) is 12.8 Å². The number of hydrogen-bond donors (Lipinski definition) is 2. The number of amides is 1. The zero-order chi connectivity index (χ0) is 13.9. The zero-order valence-corrected chi connectivity index (χ0v) is 13.4. The minimum atomic E-state index is 0. The van der Waals surface area contributed by atoms with Gasteiger partial charge < -0.3 is 10.6 Å². The number of nitrogens with zero attached hydrogens (tertiary/aromatic N) is 1. The number of hydrogen-bond acceptors (Lipinski definition) is 3. The van der Waals surface area contributed by atoms with Crippen molar-refractivity contribution >= 4 is 35.6 Å². The molecule has 1 aromatic carbocycles. The van der Waals surface area contributed by atoms with Crippen LogP contribution < -0.4 is 10.6 Å². The number of likely N-dealkylation sites (tertiary alicyclic amines) is 1. The molecule has 21 heavy (non-hydrogen) atoms. The van der Waals surface area contributed by atoms with Gasteiger partial charge in [0.15, 0.2) is 0 Å². The van der Waals surface area contributed by atoms with Crippen LogP contribution in [0.4, 0.5) is 5.69 Å². The van der Waals surface area contributed by atoms with Gasteiger partial charge in [-0.05, 0) is 49.6 Å². The fourth-order valence-corrected chi connectivity index (χ4v) is 3.33. The monoisotopic (exact) mass is 329 g/mol. The Kier molecular flexibility index (Phi) is 5.88. The maximum absolute atomic E-state index is 12.1. The minimum Gasteiger partial charge on any atom is -0.325 e. The van der Waals surface area contributed by atoms with Crippen LogP contribution >= 0.6 is 24.0 Å². The van der Waals surface area contributed by atoms with E-state index in [9.17, 15) is 4.79 Å². The van der Waals surface area contributed by atoms with Crippen LogP contribution in [0.15, 0.2) is 24.3 Å². The first-order chi connectivity index (χ1) is 9.70. The molecule has 0 spiro atoms. The van der Waals surface area contributed by atoms with Crippen molar-refractivity contribution in [2.45, 2.75) is 18.9 Å². The third kappa shape index (κ3) is 4.33. The molecule has 3 rings (SSSR count). The lowest BCUT2D eigenvalue weighted by atomic mass is 9.93. The van der Waals surface area contributed by atoms with E-state index >= 15 is 0 Å². The van der Waals surface area contributed by atoms with E-state index < -0.39 is 0 Å². The average molecular weight is 330 g/mol. The van der Waals surface area contributed by atoms with Crippen molar-refractivity contribution in [3.63, 3.8) is 0 Å². The van der Waals surface area contributed by atoms with Crippen LogP contribution in [0.3, 0.4) is 0 Å². The first-order valence-electron chi connectivity index (χ1n) is 7.22. The molecule has 1 aromatic rings. The van der Waals surface area contributed by atoms with Crippen molar-refractivity contribution in [2.75, 3.05) is 31.5 Å². The van der Waals surface area contributed by atoms with Gasteiger partial charge in [0.25, 0.3) is 0 Å². The fourth-order valence-electron chi connectivity index (χ4n) is 3.20. The van der Waals surface area contributed by atoms with Gasteiger partial charge in [-0.1, -0.05) is 11.6 Å². The van der Waals surface area contributed by atoms with Crippen LogP contribution in [-0.2, 0) is 4.79 Å². The normalized spacial score (nSPS) is 25.0. The molecule has 0 radical (unpaired) electrons. The van der Waals surface area contributed by atoms with Gasteiger partial charge in [0.1, 0.15) is 0 Å². The van der Waals surface area contributed by atoms with Gasteiger partial charge in [-0.2, -0.15) is 0 Å². The first kappa shape index (κ1) is 16.6. The molecule has 2 aliphatic heterocycles. The molecule has 2 saturated heterocycles. The van der Waals surface area contributed by atoms with Crippen molar-refractivity contribution in [2.24, 2.45) is 5.92 Å². The van der Waals surface area contributed by atoms with Crippen molar-refractivity contribution in [1.82, 2.24) is 10.2 Å². The van der Waals surface area contributed by atoms with E-state index in [1.165, 1.54) is 6.42 Å². The van der Waals surface area contributed by atoms with Crippen molar-refractivity contribution in [1.29, 1.82) is 0 Å². The van der Waals surface area contributed by atoms with Gasteiger partial charge in [0, 0.05) is 29.8 Å². The van der Waals surface area contributed by atoms with E-state index in [1.807, 2.05) is 12.1 Å². The van der Waals surface area contributed by atoms with Crippen LogP contribution in [0.25, 0.3) is 0 Å². The number of rotatable bonds is 3. The SMILES string of the molecule is Cl.O=C(CN1CCC2NCCC2C1)Nc1ccc(Cl)cc1. The Morgan fingerprint density at radius 1 is 1.33 bits per heavy atom. The second-order valence-corrected chi connectivity index (χ2v) is 6.12. The Morgan fingerprint density at radius 2 is 2.10 bits per heavy atom. The fraction of sp³-hybridized carbons (Fsp3) is 0.533. The van der Waals surface area contributed by atoms with E-state index in [1.54, 1.807) is 12.1 Å². The second kappa shape index (κ2) is 7.45. The molecule has 2 unspecified atom stereocenters. The van der Waals surface area contributed by atoms with Crippen molar-refractivity contribution in [3.8, 4) is 0 Å². The number of nitrogens with one attached hydrogen (secondary N) is 2. The molecule has 2 fully saturated rings. The molecule has 2 atom stereocenters. The van der Waals surface area contributed by atoms with Crippen LogP contribution in [0.2, 0.25) is 5.02 Å². The van der Waals surface area contributed by atoms with Gasteiger partial charge in [-0.25, -0.2) is 0 Å². The number of fused-ring (bicyclic) bond motifs is 1. The number of carbonyl (C=O) groups excluding carboxylic acids is 1. The van der Waals surface area contributed by atoms with E-state index in [-0.39, 0.29) is 18.3 Å². The largest absolute Gasteiger partial charge is 0.325 e. The topological polar surface area (TPSA) is 44.4 Å². The molecule has 0 aromatic heterocycles. The highest BCUT2D eigenvalue weighted by atomic mass is 35.5. The third-order valence-corrected chi connectivity index (χ3v) is 4.49. The summed E-state index contributed by atoms with van der Waals surface area (Å²) < 4.78 is 0. The molecule has 1 amide bonds. The average Bonchev–Trinajstić information content (AvgIpc) is 2.89. The maximum Gasteiger partial charge on any atom is 0.238 e. The van der Waals surface area contributed by atoms with Crippen molar-refractivity contribution in [3.05, 3.63) is 29.3 Å². The van der Waals surface area contributed by atoms with Crippen LogP contribution in [-0.4, -0.2) is 43.0 Å². The summed E-state index contributed by atoms with van der Waals surface area (Å²) in [4.78, 5) is 14.3. The standard InChI is InChI=1S/C15H20ClN3O.ClH/c16-12-1-3-13(4-2-12)18-15(20)10-19-8-6-14-11(9-19)5-7-17-14;/h1-4,11,14,17H,5-10H2,(H,18,20);1H. The molecule has 116 valence electrons. The third-order valence-electron chi connectivity index (χ3n) is 4.23. The lowest BCUT2D eigenvalue weighted by Crippen LogP contribution is -2.46. The highest BCUT2D eigenvalue weighted by molar-refractivity contribution is 6.30. The lowest BCUT2D eigenvalue weighted by Gasteiger charge is -2.34. The number of piperidine rings is 1. The zero-order valence-electron chi connectivity index (χ0n) is 11.8. The predicted octanol–water partition coefficient (Wildman–Crippen LogP) is 2.38. The Bertz CT molecular complexity index is 480. The second-order valence-electron chi connectivity index (χ2n) is 5.69. The van der Waals surface area contributed by atoms with Crippen LogP contribution in [0, 0.1) is 5.92 Å². The smallest absolute Gasteiger partial charge is 0.238 e. The molecule has 2 N–H and O–H groups in total. The molecule has 6 heteroatoms. The summed E-state index contributed by atoms with van der Waals surface area (Å²) in [5, 5.41) is 7.14. The molecule has 2 heterocycles. The summed E-state index contributed by atoms with van der Waals surface area (Å²) in [5.74, 6) is 0.767. The van der Waals surface area contributed by atoms with Gasteiger partial charge in [0.2, 0.25) is 5.91 Å². The van der Waals surface area contributed by atoms with Gasteiger partial charge in [-0.15, -0.1) is 12.4 Å². The quantitative estimate of drug-likeness (QED) is 0.894. The highest BCUT2D eigenvalue weighted by Crippen LogP contribution is 2.24. The molecule has 0 saturated carbocycles. The predicted molar refractivity (Wildman–Crippen MR) is 88.3 cm³/mol. The van der Waals surface area contributed by atoms with Crippen molar-refractivity contribution < 1.29 is 4.79 Å². The summed E-state index contributed by atoms with van der Waals surface area (Å²) in [6.07, 6.45) is 2.39. The number of halogens is 2. The van der Waals surface area contributed by atoms with E-state index in [0.717, 1.165) is 31.7 Å². The maximum atomic E-state index is 12.1. The summed E-state index contributed by atoms with van der Waals surface area (Å²) in [6.45, 7) is 3.64. The summed E-state index contributed by atoms with van der Waals surface area (Å²) in [5.41, 5.74) is 0.803. The van der Waals surface area contributed by atoms with Gasteiger partial charge >= 0.3 is 0 Å². The lowest BCUT2D eigenvalue weighted by molar-refractivity contribution is -0.117. The molecule has 2 aliphatic rings. The number of benzene rings is 1. The number of carbonyl (C=O) groups is 1. The van der Waals surface area contributed by atoms with E-state index in [2.05, 4.69) is 15.5 Å². The Labute approximate surface area is 136 Å². The molecule has 0 bridgehead atoms. The summed E-state index contributed by atoms with van der Waals surface area (Å²) >= 11 is 5.83. The van der Waals surface area contributed by atoms with Crippen LogP contribution in [0.5, 0.6) is 0 Å². The molecule has 0 aliphatic carbocycles. The number of anilines is 1. The van der Waals surface area contributed by atoms with E-state index in [0.29, 0.717) is 23.5 Å². The van der Waals surface area contributed by atoms with Gasteiger partial charge in [-0.3, -0.25) is 9.69 Å². The molecular formula is C15H21Cl2N3O. The Hall–Kier alpha value is -0.810. The first-order valence-corrected chi connectivity index (χ1v) is 7.59. The minimum absolute atomic E-state index is 0. The molecule has 4 nitrogen and oxygen atoms in total. The van der Waals surface area contributed by atoms with E-state index in [4.69, 9.17) is 11.6 Å². The Balaban J connectivity index is 0.00000161.